The lowest BCUT2D eigenvalue weighted by Crippen LogP contribution is -2.44. The number of fused-ring (bicyclic) bond motifs is 5. The van der Waals surface area contributed by atoms with Crippen molar-refractivity contribution in [1.29, 1.82) is 0 Å². The topological polar surface area (TPSA) is 46.5 Å². The van der Waals surface area contributed by atoms with Gasteiger partial charge in [0, 0.05) is 11.0 Å². The van der Waals surface area contributed by atoms with Gasteiger partial charge in [-0.25, -0.2) is 4.79 Å². The fourth-order valence-corrected chi connectivity index (χ4v) is 5.21. The maximum atomic E-state index is 11.8. The Balaban J connectivity index is 1.82. The summed E-state index contributed by atoms with van der Waals surface area (Å²) < 4.78 is 5.59. The van der Waals surface area contributed by atoms with Crippen LogP contribution in [0.3, 0.4) is 0 Å². The molecule has 5 atom stereocenters. The first-order chi connectivity index (χ1) is 9.08. The van der Waals surface area contributed by atoms with Crippen molar-refractivity contribution in [3.63, 3.8) is 0 Å². The van der Waals surface area contributed by atoms with Gasteiger partial charge in [0.25, 0.3) is 0 Å². The summed E-state index contributed by atoms with van der Waals surface area (Å²) in [4.78, 5) is 11.8. The molecule has 0 saturated heterocycles. The number of rotatable bonds is 4. The second kappa shape index (κ2) is 4.62. The molecule has 106 valence electrons. The molecule has 3 heteroatoms. The maximum Gasteiger partial charge on any atom is 0.333 e. The first kappa shape index (κ1) is 13.2. The summed E-state index contributed by atoms with van der Waals surface area (Å²) in [5.41, 5.74) is 0.483. The van der Waals surface area contributed by atoms with E-state index in [4.69, 9.17) is 4.74 Å². The van der Waals surface area contributed by atoms with Crippen LogP contribution in [-0.4, -0.2) is 23.8 Å². The minimum absolute atomic E-state index is 0.0467. The predicted molar refractivity (Wildman–Crippen MR) is 72.4 cm³/mol. The molecular weight excluding hydrogens is 240 g/mol. The van der Waals surface area contributed by atoms with Gasteiger partial charge in [-0.2, -0.15) is 0 Å². The van der Waals surface area contributed by atoms with E-state index < -0.39 is 0 Å². The molecule has 0 radical (unpaired) electrons. The lowest BCUT2D eigenvalue weighted by Gasteiger charge is -2.41. The molecule has 3 nitrogen and oxygen atoms in total. The number of carbonyl (C=O) groups excluding carboxylic acids is 1. The number of aliphatic hydroxyl groups is 1. The molecule has 0 aromatic heterocycles. The molecule has 5 unspecified atom stereocenters. The van der Waals surface area contributed by atoms with Crippen LogP contribution in [0.1, 0.15) is 45.4 Å². The van der Waals surface area contributed by atoms with Crippen molar-refractivity contribution in [2.24, 2.45) is 23.2 Å². The minimum atomic E-state index is -0.349. The second-order valence-corrected chi connectivity index (χ2v) is 6.79. The molecule has 0 aromatic carbocycles. The molecule has 3 aliphatic rings. The standard InChI is InChI=1S/C16H24O3/c1-10(2)15(18)19-14(9-17)16-7-6-11(8-16)12-4-3-5-13(12)16/h11-14,17H,1,3-9H2,2H3. The van der Waals surface area contributed by atoms with Crippen LogP contribution in [0.15, 0.2) is 12.2 Å². The Labute approximate surface area is 115 Å². The van der Waals surface area contributed by atoms with Gasteiger partial charge in [-0.1, -0.05) is 13.0 Å². The van der Waals surface area contributed by atoms with E-state index in [9.17, 15) is 9.90 Å². The third kappa shape index (κ3) is 1.85. The third-order valence-corrected chi connectivity index (χ3v) is 5.94. The van der Waals surface area contributed by atoms with Gasteiger partial charge in [-0.3, -0.25) is 0 Å². The summed E-state index contributed by atoms with van der Waals surface area (Å²) in [6.45, 7) is 5.26. The molecule has 3 rings (SSSR count). The van der Waals surface area contributed by atoms with Crippen molar-refractivity contribution in [3.05, 3.63) is 12.2 Å². The maximum absolute atomic E-state index is 11.8. The molecule has 3 aliphatic carbocycles. The van der Waals surface area contributed by atoms with E-state index in [1.165, 1.54) is 25.7 Å². The lowest BCUT2D eigenvalue weighted by atomic mass is 9.68. The Hall–Kier alpha value is -0.830. The average molecular weight is 264 g/mol. The van der Waals surface area contributed by atoms with Gasteiger partial charge in [0.2, 0.25) is 0 Å². The van der Waals surface area contributed by atoms with Gasteiger partial charge in [0.1, 0.15) is 6.10 Å². The highest BCUT2D eigenvalue weighted by molar-refractivity contribution is 5.87. The van der Waals surface area contributed by atoms with Crippen LogP contribution >= 0.6 is 0 Å². The van der Waals surface area contributed by atoms with Crippen molar-refractivity contribution in [2.45, 2.75) is 51.6 Å². The predicted octanol–water partition coefficient (Wildman–Crippen LogP) is 2.68. The second-order valence-electron chi connectivity index (χ2n) is 6.79. The van der Waals surface area contributed by atoms with Gasteiger partial charge in [0.15, 0.2) is 0 Å². The molecule has 1 N–H and O–H groups in total. The van der Waals surface area contributed by atoms with Gasteiger partial charge in [-0.15, -0.1) is 0 Å². The highest BCUT2D eigenvalue weighted by Gasteiger charge is 2.62. The summed E-state index contributed by atoms with van der Waals surface area (Å²) in [5.74, 6) is 1.95. The Morgan fingerprint density at radius 2 is 2.26 bits per heavy atom. The molecule has 3 saturated carbocycles. The van der Waals surface area contributed by atoms with Gasteiger partial charge in [-0.05, 0) is 56.8 Å². The van der Waals surface area contributed by atoms with Crippen LogP contribution in [0.25, 0.3) is 0 Å². The molecule has 2 bridgehead atoms. The number of aliphatic hydroxyl groups excluding tert-OH is 1. The quantitative estimate of drug-likeness (QED) is 0.627. The van der Waals surface area contributed by atoms with E-state index >= 15 is 0 Å². The van der Waals surface area contributed by atoms with Crippen LogP contribution in [0.5, 0.6) is 0 Å². The molecule has 0 aromatic rings. The zero-order chi connectivity index (χ0) is 13.6. The van der Waals surface area contributed by atoms with Gasteiger partial charge < -0.3 is 9.84 Å². The van der Waals surface area contributed by atoms with E-state index in [-0.39, 0.29) is 24.1 Å². The first-order valence-corrected chi connectivity index (χ1v) is 7.56. The summed E-state index contributed by atoms with van der Waals surface area (Å²) in [5, 5.41) is 9.75. The third-order valence-electron chi connectivity index (χ3n) is 5.94. The lowest BCUT2D eigenvalue weighted by molar-refractivity contribution is -0.158. The van der Waals surface area contributed by atoms with Crippen molar-refractivity contribution in [3.8, 4) is 0 Å². The molecule has 0 heterocycles. The smallest absolute Gasteiger partial charge is 0.333 e. The Morgan fingerprint density at radius 3 is 2.95 bits per heavy atom. The van der Waals surface area contributed by atoms with Crippen LogP contribution in [0.4, 0.5) is 0 Å². The highest BCUT2D eigenvalue weighted by atomic mass is 16.6. The molecule has 19 heavy (non-hydrogen) atoms. The number of ether oxygens (including phenoxy) is 1. The summed E-state index contributed by atoms with van der Waals surface area (Å²) in [7, 11) is 0. The molecule has 0 aliphatic heterocycles. The number of hydrogen-bond acceptors (Lipinski definition) is 3. The van der Waals surface area contributed by atoms with Crippen molar-refractivity contribution >= 4 is 5.97 Å². The van der Waals surface area contributed by atoms with Crippen LogP contribution < -0.4 is 0 Å². The van der Waals surface area contributed by atoms with Crippen molar-refractivity contribution < 1.29 is 14.6 Å². The van der Waals surface area contributed by atoms with Gasteiger partial charge >= 0.3 is 5.97 Å². The van der Waals surface area contributed by atoms with E-state index in [2.05, 4.69) is 6.58 Å². The highest BCUT2D eigenvalue weighted by Crippen LogP contribution is 2.67. The summed E-state index contributed by atoms with van der Waals surface area (Å²) in [6.07, 6.45) is 7.09. The Kier molecular flexibility index (Phi) is 3.20. The molecule has 3 fully saturated rings. The van der Waals surface area contributed by atoms with Crippen LogP contribution in [0, 0.1) is 23.2 Å². The summed E-state index contributed by atoms with van der Waals surface area (Å²) in [6, 6.07) is 0. The van der Waals surface area contributed by atoms with E-state index in [0.717, 1.165) is 24.7 Å². The fraction of sp³-hybridized carbons (Fsp3) is 0.812. The van der Waals surface area contributed by atoms with E-state index in [0.29, 0.717) is 11.5 Å². The molecule has 0 amide bonds. The Bertz CT molecular complexity index is 403. The molecular formula is C16H24O3. The number of hydrogen-bond donors (Lipinski definition) is 1. The SMILES string of the molecule is C=C(C)C(=O)OC(CO)C12CCC(C1)C1CCCC12. The minimum Gasteiger partial charge on any atom is -0.456 e. The van der Waals surface area contributed by atoms with E-state index in [1.807, 2.05) is 0 Å². The largest absolute Gasteiger partial charge is 0.456 e. The first-order valence-electron chi connectivity index (χ1n) is 7.56. The fourth-order valence-electron chi connectivity index (χ4n) is 5.21. The van der Waals surface area contributed by atoms with Crippen LogP contribution in [-0.2, 0) is 9.53 Å². The molecule has 0 spiro atoms. The number of carbonyl (C=O) groups is 1. The van der Waals surface area contributed by atoms with Gasteiger partial charge in [0.05, 0.1) is 6.61 Å². The monoisotopic (exact) mass is 264 g/mol. The van der Waals surface area contributed by atoms with Crippen molar-refractivity contribution in [1.82, 2.24) is 0 Å². The summed E-state index contributed by atoms with van der Waals surface area (Å²) >= 11 is 0. The Morgan fingerprint density at radius 1 is 1.47 bits per heavy atom. The van der Waals surface area contributed by atoms with E-state index in [1.54, 1.807) is 6.92 Å². The zero-order valence-electron chi connectivity index (χ0n) is 11.7. The normalized spacial score (nSPS) is 41.1. The average Bonchev–Trinajstić information content (AvgIpc) is 3.06. The zero-order valence-corrected chi connectivity index (χ0v) is 11.7. The van der Waals surface area contributed by atoms with Crippen molar-refractivity contribution in [2.75, 3.05) is 6.61 Å². The van der Waals surface area contributed by atoms with Crippen LogP contribution in [0.2, 0.25) is 0 Å². The number of esters is 1.